The van der Waals surface area contributed by atoms with Gasteiger partial charge in [-0.15, -0.1) is 11.8 Å². The van der Waals surface area contributed by atoms with Crippen LogP contribution < -0.4 is 5.73 Å². The van der Waals surface area contributed by atoms with Gasteiger partial charge < -0.3 is 10.2 Å². The van der Waals surface area contributed by atoms with E-state index in [9.17, 15) is 0 Å². The van der Waals surface area contributed by atoms with Crippen LogP contribution in [0.4, 0.5) is 0 Å². The molecule has 2 nitrogen and oxygen atoms in total. The predicted molar refractivity (Wildman–Crippen MR) is 60.6 cm³/mol. The zero-order valence-electron chi connectivity index (χ0n) is 7.91. The van der Waals surface area contributed by atoms with Gasteiger partial charge in [0.15, 0.2) is 5.22 Å². The van der Waals surface area contributed by atoms with Crippen LogP contribution in [0.3, 0.4) is 0 Å². The molecule has 1 aromatic rings. The summed E-state index contributed by atoms with van der Waals surface area (Å²) >= 11 is 7.57. The summed E-state index contributed by atoms with van der Waals surface area (Å²) in [4.78, 5) is 0. The van der Waals surface area contributed by atoms with Crippen molar-refractivity contribution >= 4 is 23.4 Å². The summed E-state index contributed by atoms with van der Waals surface area (Å²) in [5, 5.41) is 1.06. The summed E-state index contributed by atoms with van der Waals surface area (Å²) in [6.45, 7) is 0. The monoisotopic (exact) mass is 231 g/mol. The van der Waals surface area contributed by atoms with Crippen LogP contribution in [0, 0.1) is 0 Å². The van der Waals surface area contributed by atoms with Crippen LogP contribution in [-0.4, -0.2) is 11.3 Å². The van der Waals surface area contributed by atoms with Crippen LogP contribution in [0.5, 0.6) is 0 Å². The highest BCUT2D eigenvalue weighted by atomic mass is 35.5. The quantitative estimate of drug-likeness (QED) is 0.869. The normalized spacial score (nSPS) is 27.0. The van der Waals surface area contributed by atoms with Gasteiger partial charge >= 0.3 is 0 Å². The van der Waals surface area contributed by atoms with Crippen molar-refractivity contribution in [2.24, 2.45) is 5.73 Å². The fourth-order valence-corrected chi connectivity index (χ4v) is 3.19. The van der Waals surface area contributed by atoms with Gasteiger partial charge in [0.2, 0.25) is 0 Å². The number of thioether (sulfide) groups is 1. The third-order valence-electron chi connectivity index (χ3n) is 2.57. The first-order valence-electron chi connectivity index (χ1n) is 4.87. The average Bonchev–Trinajstić information content (AvgIpc) is 2.72. The lowest BCUT2D eigenvalue weighted by molar-refractivity contribution is 0.532. The summed E-state index contributed by atoms with van der Waals surface area (Å²) in [7, 11) is 0. The molecule has 0 aromatic carbocycles. The van der Waals surface area contributed by atoms with Gasteiger partial charge in [0.25, 0.3) is 0 Å². The van der Waals surface area contributed by atoms with E-state index in [4.69, 9.17) is 21.8 Å². The Bertz CT molecular complexity index is 302. The van der Waals surface area contributed by atoms with E-state index < -0.39 is 0 Å². The second kappa shape index (κ2) is 4.60. The molecule has 1 aromatic heterocycles. The molecule has 2 atom stereocenters. The lowest BCUT2D eigenvalue weighted by Gasteiger charge is -2.13. The van der Waals surface area contributed by atoms with Crippen molar-refractivity contribution in [1.82, 2.24) is 0 Å². The molecular formula is C10H14ClNOS. The van der Waals surface area contributed by atoms with Crippen LogP contribution in [-0.2, 0) is 5.75 Å². The Morgan fingerprint density at radius 1 is 1.50 bits per heavy atom. The van der Waals surface area contributed by atoms with Crippen LogP contribution in [0.15, 0.2) is 16.5 Å². The molecule has 0 aliphatic heterocycles. The molecule has 14 heavy (non-hydrogen) atoms. The molecule has 1 saturated carbocycles. The molecule has 0 amide bonds. The number of hydrogen-bond donors (Lipinski definition) is 1. The maximum Gasteiger partial charge on any atom is 0.193 e. The first-order chi connectivity index (χ1) is 6.75. The fraction of sp³-hybridized carbons (Fsp3) is 0.600. The van der Waals surface area contributed by atoms with E-state index in [1.165, 1.54) is 12.8 Å². The van der Waals surface area contributed by atoms with Crippen molar-refractivity contribution < 1.29 is 4.42 Å². The average molecular weight is 232 g/mol. The second-order valence-corrected chi connectivity index (χ2v) is 5.25. The Kier molecular flexibility index (Phi) is 3.42. The van der Waals surface area contributed by atoms with Gasteiger partial charge in [0.1, 0.15) is 5.76 Å². The molecule has 78 valence electrons. The second-order valence-electron chi connectivity index (χ2n) is 3.65. The van der Waals surface area contributed by atoms with Crippen molar-refractivity contribution in [3.63, 3.8) is 0 Å². The summed E-state index contributed by atoms with van der Waals surface area (Å²) in [6, 6.07) is 4.08. The molecule has 1 aliphatic rings. The first-order valence-corrected chi connectivity index (χ1v) is 6.30. The Morgan fingerprint density at radius 3 is 2.93 bits per heavy atom. The SMILES string of the molecule is NC1CCCC1SCc1ccc(Cl)o1. The van der Waals surface area contributed by atoms with Gasteiger partial charge in [0.05, 0.1) is 5.75 Å². The molecule has 2 N–H and O–H groups in total. The highest BCUT2D eigenvalue weighted by Gasteiger charge is 2.24. The summed E-state index contributed by atoms with van der Waals surface area (Å²) < 4.78 is 5.28. The molecule has 2 unspecified atom stereocenters. The van der Waals surface area contributed by atoms with Crippen molar-refractivity contribution in [2.75, 3.05) is 0 Å². The summed E-state index contributed by atoms with van der Waals surface area (Å²) in [5.41, 5.74) is 5.97. The summed E-state index contributed by atoms with van der Waals surface area (Å²) in [5.74, 6) is 1.82. The molecule has 1 fully saturated rings. The molecule has 1 heterocycles. The summed E-state index contributed by atoms with van der Waals surface area (Å²) in [6.07, 6.45) is 3.66. The topological polar surface area (TPSA) is 39.2 Å². The molecule has 1 aliphatic carbocycles. The Hall–Kier alpha value is -0.120. The maximum absolute atomic E-state index is 5.97. The van der Waals surface area contributed by atoms with Crippen LogP contribution in [0.1, 0.15) is 25.0 Å². The smallest absolute Gasteiger partial charge is 0.193 e. The van der Waals surface area contributed by atoms with Crippen molar-refractivity contribution in [2.45, 2.75) is 36.3 Å². The molecule has 2 rings (SSSR count). The van der Waals surface area contributed by atoms with Crippen LogP contribution in [0.2, 0.25) is 5.22 Å². The van der Waals surface area contributed by atoms with E-state index in [0.29, 0.717) is 16.5 Å². The zero-order chi connectivity index (χ0) is 9.97. The number of furan rings is 1. The minimum absolute atomic E-state index is 0.366. The van der Waals surface area contributed by atoms with Gasteiger partial charge in [-0.3, -0.25) is 0 Å². The minimum Gasteiger partial charge on any atom is -0.449 e. The largest absolute Gasteiger partial charge is 0.449 e. The Balaban J connectivity index is 1.82. The van der Waals surface area contributed by atoms with Crippen LogP contribution >= 0.6 is 23.4 Å². The molecule has 0 radical (unpaired) electrons. The highest BCUT2D eigenvalue weighted by Crippen LogP contribution is 2.31. The van der Waals surface area contributed by atoms with Crippen LogP contribution in [0.25, 0.3) is 0 Å². The Morgan fingerprint density at radius 2 is 2.36 bits per heavy atom. The van der Waals surface area contributed by atoms with E-state index in [-0.39, 0.29) is 0 Å². The lowest BCUT2D eigenvalue weighted by Crippen LogP contribution is -2.26. The van der Waals surface area contributed by atoms with E-state index in [1.54, 1.807) is 6.07 Å². The molecule has 4 heteroatoms. The number of hydrogen-bond acceptors (Lipinski definition) is 3. The minimum atomic E-state index is 0.366. The zero-order valence-corrected chi connectivity index (χ0v) is 9.48. The fourth-order valence-electron chi connectivity index (χ4n) is 1.78. The van der Waals surface area contributed by atoms with Crippen molar-refractivity contribution in [3.05, 3.63) is 23.1 Å². The predicted octanol–water partition coefficient (Wildman–Crippen LogP) is 3.05. The van der Waals surface area contributed by atoms with Gasteiger partial charge in [-0.1, -0.05) is 6.42 Å². The lowest BCUT2D eigenvalue weighted by atomic mass is 10.3. The van der Waals surface area contributed by atoms with Crippen molar-refractivity contribution in [3.8, 4) is 0 Å². The first kappa shape index (κ1) is 10.4. The van der Waals surface area contributed by atoms with Gasteiger partial charge in [0, 0.05) is 11.3 Å². The van der Waals surface area contributed by atoms with E-state index in [2.05, 4.69) is 0 Å². The number of nitrogens with two attached hydrogens (primary N) is 1. The maximum atomic E-state index is 5.97. The number of rotatable bonds is 3. The van der Waals surface area contributed by atoms with E-state index in [0.717, 1.165) is 17.9 Å². The molecular weight excluding hydrogens is 218 g/mol. The third kappa shape index (κ3) is 2.47. The van der Waals surface area contributed by atoms with Crippen molar-refractivity contribution in [1.29, 1.82) is 0 Å². The molecule has 0 bridgehead atoms. The highest BCUT2D eigenvalue weighted by molar-refractivity contribution is 7.99. The molecule has 0 saturated heterocycles. The Labute approximate surface area is 93.2 Å². The van der Waals surface area contributed by atoms with Gasteiger partial charge in [-0.05, 0) is 36.6 Å². The van der Waals surface area contributed by atoms with E-state index in [1.807, 2.05) is 17.8 Å². The van der Waals surface area contributed by atoms with Gasteiger partial charge in [-0.2, -0.15) is 0 Å². The third-order valence-corrected chi connectivity index (χ3v) is 4.24. The van der Waals surface area contributed by atoms with Gasteiger partial charge in [-0.25, -0.2) is 0 Å². The standard InChI is InChI=1S/C10H14ClNOS/c11-10-5-4-7(13-10)6-14-9-3-1-2-8(9)12/h4-5,8-9H,1-3,6,12H2. The number of halogens is 1. The molecule has 0 spiro atoms. The van der Waals surface area contributed by atoms with E-state index >= 15 is 0 Å².